The molecule has 0 spiro atoms. The molecule has 2 N–H and O–H groups in total. The summed E-state index contributed by atoms with van der Waals surface area (Å²) in [6, 6.07) is 11.7. The van der Waals surface area contributed by atoms with Gasteiger partial charge in [-0.3, -0.25) is 9.69 Å². The summed E-state index contributed by atoms with van der Waals surface area (Å²) in [5.41, 5.74) is 0.425. The van der Waals surface area contributed by atoms with Crippen LogP contribution in [-0.2, 0) is 11.3 Å². The van der Waals surface area contributed by atoms with E-state index in [0.717, 1.165) is 31.2 Å². The minimum absolute atomic E-state index is 0.161. The third-order valence-corrected chi connectivity index (χ3v) is 4.56. The topological polar surface area (TPSA) is 78.6 Å². The van der Waals surface area contributed by atoms with Gasteiger partial charge >= 0.3 is 0 Å². The van der Waals surface area contributed by atoms with E-state index >= 15 is 0 Å². The Morgan fingerprint density at radius 3 is 2.68 bits per heavy atom. The Bertz CT molecular complexity index is 693. The predicted molar refractivity (Wildman–Crippen MR) is 95.0 cm³/mol. The molecule has 134 valence electrons. The Morgan fingerprint density at radius 1 is 1.32 bits per heavy atom. The molecule has 1 fully saturated rings. The third-order valence-electron chi connectivity index (χ3n) is 4.56. The van der Waals surface area contributed by atoms with Gasteiger partial charge in [0.25, 0.3) is 0 Å². The first-order chi connectivity index (χ1) is 12.0. The molecule has 1 saturated carbocycles. The van der Waals surface area contributed by atoms with Crippen molar-refractivity contribution in [3.8, 4) is 0 Å². The first-order valence-corrected chi connectivity index (χ1v) is 8.74. The van der Waals surface area contributed by atoms with E-state index in [0.29, 0.717) is 24.7 Å². The summed E-state index contributed by atoms with van der Waals surface area (Å²) in [7, 11) is 0. The maximum absolute atomic E-state index is 12.4. The fourth-order valence-electron chi connectivity index (χ4n) is 3.43. The van der Waals surface area contributed by atoms with Crippen molar-refractivity contribution in [2.45, 2.75) is 44.8 Å². The van der Waals surface area contributed by atoms with Crippen molar-refractivity contribution in [3.05, 3.63) is 47.7 Å². The molecule has 0 saturated heterocycles. The maximum Gasteiger partial charge on any atom is 0.239 e. The molecule has 0 unspecified atom stereocenters. The van der Waals surface area contributed by atoms with Crippen LogP contribution in [0.3, 0.4) is 0 Å². The van der Waals surface area contributed by atoms with E-state index < -0.39 is 5.60 Å². The number of carbonyl (C=O) groups is 1. The summed E-state index contributed by atoms with van der Waals surface area (Å²) in [4.78, 5) is 14.4. The van der Waals surface area contributed by atoms with Crippen molar-refractivity contribution < 1.29 is 14.4 Å². The number of rotatable bonds is 7. The van der Waals surface area contributed by atoms with Gasteiger partial charge < -0.3 is 14.9 Å². The molecular formula is C19H25N3O3. The Morgan fingerprint density at radius 2 is 2.04 bits per heavy atom. The fourth-order valence-corrected chi connectivity index (χ4v) is 3.43. The number of amides is 1. The number of hydrogen-bond donors (Lipinski definition) is 2. The first-order valence-electron chi connectivity index (χ1n) is 8.74. The van der Waals surface area contributed by atoms with Crippen LogP contribution in [0.1, 0.15) is 37.0 Å². The minimum atomic E-state index is -0.695. The summed E-state index contributed by atoms with van der Waals surface area (Å²) in [6.45, 7) is 3.09. The van der Waals surface area contributed by atoms with Gasteiger partial charge in [0.2, 0.25) is 5.91 Å². The van der Waals surface area contributed by atoms with E-state index in [1.54, 1.807) is 13.0 Å². The van der Waals surface area contributed by atoms with Crippen LogP contribution in [0.2, 0.25) is 0 Å². The summed E-state index contributed by atoms with van der Waals surface area (Å²) in [5, 5.41) is 17.3. The number of aryl methyl sites for hydroxylation is 1. The second kappa shape index (κ2) is 7.80. The Hall–Kier alpha value is -2.18. The lowest BCUT2D eigenvalue weighted by Crippen LogP contribution is -2.44. The van der Waals surface area contributed by atoms with Gasteiger partial charge in [0, 0.05) is 19.2 Å². The van der Waals surface area contributed by atoms with Crippen LogP contribution in [-0.4, -0.2) is 39.8 Å². The smallest absolute Gasteiger partial charge is 0.239 e. The van der Waals surface area contributed by atoms with E-state index in [2.05, 4.69) is 10.5 Å². The largest absolute Gasteiger partial charge is 0.389 e. The number of nitrogens with one attached hydrogen (secondary N) is 1. The zero-order valence-corrected chi connectivity index (χ0v) is 14.6. The average molecular weight is 343 g/mol. The highest BCUT2D eigenvalue weighted by Gasteiger charge is 2.33. The average Bonchev–Trinajstić information content (AvgIpc) is 3.17. The number of aliphatic hydroxyl groups is 1. The van der Waals surface area contributed by atoms with E-state index in [1.165, 1.54) is 0 Å². The van der Waals surface area contributed by atoms with Crippen molar-refractivity contribution >= 4 is 11.7 Å². The fraction of sp³-hybridized carbons (Fsp3) is 0.474. The molecular weight excluding hydrogens is 318 g/mol. The van der Waals surface area contributed by atoms with Gasteiger partial charge in [0.1, 0.15) is 5.76 Å². The number of hydrogen-bond acceptors (Lipinski definition) is 5. The molecule has 0 atom stereocenters. The van der Waals surface area contributed by atoms with Gasteiger partial charge in [-0.2, -0.15) is 0 Å². The number of benzene rings is 1. The highest BCUT2D eigenvalue weighted by atomic mass is 16.5. The monoisotopic (exact) mass is 343 g/mol. The highest BCUT2D eigenvalue weighted by Crippen LogP contribution is 2.30. The molecule has 0 radical (unpaired) electrons. The molecule has 6 nitrogen and oxygen atoms in total. The predicted octanol–water partition coefficient (Wildman–Crippen LogP) is 2.73. The summed E-state index contributed by atoms with van der Waals surface area (Å²) >= 11 is 0. The quantitative estimate of drug-likeness (QED) is 0.808. The Labute approximate surface area is 147 Å². The third kappa shape index (κ3) is 5.14. The van der Waals surface area contributed by atoms with Crippen molar-refractivity contribution in [3.63, 3.8) is 0 Å². The highest BCUT2D eigenvalue weighted by molar-refractivity contribution is 5.91. The number of anilines is 1. The second-order valence-electron chi connectivity index (χ2n) is 6.93. The molecule has 1 aromatic heterocycles. The molecule has 1 aliphatic carbocycles. The Kier molecular flexibility index (Phi) is 5.50. The molecule has 0 aliphatic heterocycles. The number of carbonyl (C=O) groups excluding carboxylic acids is 1. The molecule has 0 bridgehead atoms. The van der Waals surface area contributed by atoms with Crippen LogP contribution in [0.15, 0.2) is 40.9 Å². The Balaban J connectivity index is 1.65. The zero-order valence-electron chi connectivity index (χ0n) is 14.6. The van der Waals surface area contributed by atoms with E-state index in [1.807, 2.05) is 35.2 Å². The minimum Gasteiger partial charge on any atom is -0.389 e. The van der Waals surface area contributed by atoms with Crippen LogP contribution >= 0.6 is 0 Å². The summed E-state index contributed by atoms with van der Waals surface area (Å²) in [5.74, 6) is 0.907. The standard InChI is InChI=1S/C19H25N3O3/c1-15-11-17(21-25-15)20-18(23)13-22(12-16-7-3-2-4-8-16)14-19(24)9-5-6-10-19/h2-4,7-8,11,24H,5-6,9-10,12-14H2,1H3,(H,20,21,23). The maximum atomic E-state index is 12.4. The van der Waals surface area contributed by atoms with E-state index in [-0.39, 0.29) is 12.5 Å². The molecule has 1 aromatic carbocycles. The van der Waals surface area contributed by atoms with E-state index in [9.17, 15) is 9.90 Å². The molecule has 1 heterocycles. The molecule has 2 aromatic rings. The first kappa shape index (κ1) is 17.6. The van der Waals surface area contributed by atoms with Gasteiger partial charge in [0.15, 0.2) is 5.82 Å². The number of nitrogens with zero attached hydrogens (tertiary/aromatic N) is 2. The van der Waals surface area contributed by atoms with Gasteiger partial charge in [0.05, 0.1) is 12.1 Å². The lowest BCUT2D eigenvalue weighted by Gasteiger charge is -2.31. The lowest BCUT2D eigenvalue weighted by molar-refractivity contribution is -0.118. The molecule has 6 heteroatoms. The van der Waals surface area contributed by atoms with Gasteiger partial charge in [-0.1, -0.05) is 48.3 Å². The lowest BCUT2D eigenvalue weighted by atomic mass is 10.0. The molecule has 1 aliphatic rings. The van der Waals surface area contributed by atoms with E-state index in [4.69, 9.17) is 4.52 Å². The van der Waals surface area contributed by atoms with Crippen LogP contribution in [0.4, 0.5) is 5.82 Å². The van der Waals surface area contributed by atoms with Crippen LogP contribution < -0.4 is 5.32 Å². The van der Waals surface area contributed by atoms with Crippen LogP contribution in [0, 0.1) is 6.92 Å². The van der Waals surface area contributed by atoms with Gasteiger partial charge in [-0.25, -0.2) is 0 Å². The van der Waals surface area contributed by atoms with Gasteiger partial charge in [-0.05, 0) is 25.3 Å². The van der Waals surface area contributed by atoms with Crippen molar-refractivity contribution in [2.75, 3.05) is 18.4 Å². The second-order valence-corrected chi connectivity index (χ2v) is 6.93. The SMILES string of the molecule is Cc1cc(NC(=O)CN(Cc2ccccc2)CC2(O)CCCC2)no1. The number of aromatic nitrogens is 1. The normalized spacial score (nSPS) is 16.3. The van der Waals surface area contributed by atoms with Crippen LogP contribution in [0.5, 0.6) is 0 Å². The van der Waals surface area contributed by atoms with Crippen molar-refractivity contribution in [1.29, 1.82) is 0 Å². The van der Waals surface area contributed by atoms with Crippen LogP contribution in [0.25, 0.3) is 0 Å². The summed E-state index contributed by atoms with van der Waals surface area (Å²) in [6.07, 6.45) is 3.67. The van der Waals surface area contributed by atoms with Gasteiger partial charge in [-0.15, -0.1) is 0 Å². The van der Waals surface area contributed by atoms with Crippen molar-refractivity contribution in [1.82, 2.24) is 10.1 Å². The molecule has 1 amide bonds. The molecule has 3 rings (SSSR count). The molecule has 25 heavy (non-hydrogen) atoms. The summed E-state index contributed by atoms with van der Waals surface area (Å²) < 4.78 is 4.97. The zero-order chi connectivity index (χ0) is 17.7. The van der Waals surface area contributed by atoms with Crippen molar-refractivity contribution in [2.24, 2.45) is 0 Å².